The second-order valence-corrected chi connectivity index (χ2v) is 3.61. The molecular weight excluding hydrogens is 243 g/mol. The lowest BCUT2D eigenvalue weighted by Crippen LogP contribution is -2.14. The molecule has 0 spiro atoms. The lowest BCUT2D eigenvalue weighted by Gasteiger charge is -2.02. The van der Waals surface area contributed by atoms with E-state index >= 15 is 0 Å². The lowest BCUT2D eigenvalue weighted by molar-refractivity contribution is -0.384. The highest BCUT2D eigenvalue weighted by Crippen LogP contribution is 2.30. The zero-order valence-corrected chi connectivity index (χ0v) is 8.88. The van der Waals surface area contributed by atoms with Gasteiger partial charge in [-0.05, 0) is 11.6 Å². The van der Waals surface area contributed by atoms with Crippen LogP contribution >= 0.6 is 23.2 Å². The summed E-state index contributed by atoms with van der Waals surface area (Å²) in [6, 6.07) is 2.37. The first kappa shape index (κ1) is 11.7. The standard InChI is InChI=1S/C8H6Cl2N2O3/c9-5-3-6(10)7(12(14)15)1-4(5)2-8(11)13/h1,3H,2H2,(H2,11,13). The number of benzene rings is 1. The van der Waals surface area contributed by atoms with Gasteiger partial charge < -0.3 is 5.73 Å². The van der Waals surface area contributed by atoms with Gasteiger partial charge in [-0.25, -0.2) is 0 Å². The molecule has 7 heteroatoms. The van der Waals surface area contributed by atoms with E-state index in [4.69, 9.17) is 28.9 Å². The minimum absolute atomic E-state index is 0.0711. The Hall–Kier alpha value is -1.33. The maximum atomic E-state index is 10.6. The summed E-state index contributed by atoms with van der Waals surface area (Å²) in [6.45, 7) is 0. The third-order valence-corrected chi connectivity index (χ3v) is 2.33. The molecule has 0 fully saturated rings. The number of hydrogen-bond donors (Lipinski definition) is 1. The van der Waals surface area contributed by atoms with Gasteiger partial charge in [0, 0.05) is 11.1 Å². The molecule has 0 bridgehead atoms. The Morgan fingerprint density at radius 2 is 2.00 bits per heavy atom. The zero-order valence-electron chi connectivity index (χ0n) is 7.37. The number of hydrogen-bond acceptors (Lipinski definition) is 3. The van der Waals surface area contributed by atoms with Crippen LogP contribution in [0, 0.1) is 10.1 Å². The molecule has 5 nitrogen and oxygen atoms in total. The van der Waals surface area contributed by atoms with Crippen LogP contribution in [0.25, 0.3) is 0 Å². The molecule has 0 aliphatic carbocycles. The molecule has 1 aromatic rings. The summed E-state index contributed by atoms with van der Waals surface area (Å²) >= 11 is 11.3. The molecular formula is C8H6Cl2N2O3. The van der Waals surface area contributed by atoms with Gasteiger partial charge >= 0.3 is 0 Å². The molecule has 0 aliphatic rings. The van der Waals surface area contributed by atoms with Crippen LogP contribution in [0.3, 0.4) is 0 Å². The quantitative estimate of drug-likeness (QED) is 0.655. The molecule has 1 rings (SSSR count). The number of nitrogens with two attached hydrogens (primary N) is 1. The second kappa shape index (κ2) is 4.46. The van der Waals surface area contributed by atoms with Gasteiger partial charge in [0.15, 0.2) is 0 Å². The number of halogens is 2. The fourth-order valence-electron chi connectivity index (χ4n) is 1.04. The van der Waals surface area contributed by atoms with Crippen molar-refractivity contribution in [3.8, 4) is 0 Å². The lowest BCUT2D eigenvalue weighted by atomic mass is 10.1. The van der Waals surface area contributed by atoms with Crippen molar-refractivity contribution in [2.24, 2.45) is 5.73 Å². The van der Waals surface area contributed by atoms with Crippen LogP contribution in [0.15, 0.2) is 12.1 Å². The van der Waals surface area contributed by atoms with E-state index in [-0.39, 0.29) is 22.2 Å². The highest BCUT2D eigenvalue weighted by molar-refractivity contribution is 6.36. The van der Waals surface area contributed by atoms with E-state index in [1.807, 2.05) is 0 Å². The van der Waals surface area contributed by atoms with Crippen molar-refractivity contribution in [1.82, 2.24) is 0 Å². The smallest absolute Gasteiger partial charge is 0.288 e. The molecule has 0 aromatic heterocycles. The molecule has 1 aromatic carbocycles. The van der Waals surface area contributed by atoms with Crippen molar-refractivity contribution in [3.05, 3.63) is 37.9 Å². The van der Waals surface area contributed by atoms with Gasteiger partial charge in [0.05, 0.1) is 11.3 Å². The number of primary amides is 1. The maximum Gasteiger partial charge on any atom is 0.288 e. The van der Waals surface area contributed by atoms with Crippen LogP contribution in [0.2, 0.25) is 10.0 Å². The van der Waals surface area contributed by atoms with E-state index in [0.717, 1.165) is 6.07 Å². The Labute approximate surface area is 94.9 Å². The van der Waals surface area contributed by atoms with E-state index in [2.05, 4.69) is 0 Å². The first-order valence-corrected chi connectivity index (χ1v) is 4.58. The van der Waals surface area contributed by atoms with Crippen LogP contribution < -0.4 is 5.73 Å². The number of rotatable bonds is 3. The van der Waals surface area contributed by atoms with Crippen molar-refractivity contribution < 1.29 is 9.72 Å². The Balaban J connectivity index is 3.23. The van der Waals surface area contributed by atoms with Crippen LogP contribution in [0.4, 0.5) is 5.69 Å². The summed E-state index contributed by atoms with van der Waals surface area (Å²) in [5.74, 6) is -0.617. The van der Waals surface area contributed by atoms with Crippen LogP contribution in [-0.2, 0) is 11.2 Å². The average Bonchev–Trinajstić information content (AvgIpc) is 2.08. The van der Waals surface area contributed by atoms with Gasteiger partial charge in [-0.3, -0.25) is 14.9 Å². The SMILES string of the molecule is NC(=O)Cc1cc([N+](=O)[O-])c(Cl)cc1Cl. The van der Waals surface area contributed by atoms with Gasteiger partial charge in [0.1, 0.15) is 5.02 Å². The summed E-state index contributed by atoms with van der Waals surface area (Å²) in [6.07, 6.45) is -0.156. The summed E-state index contributed by atoms with van der Waals surface area (Å²) in [5.41, 5.74) is 4.95. The molecule has 1 amide bonds. The number of amides is 1. The van der Waals surface area contributed by atoms with E-state index in [1.165, 1.54) is 6.07 Å². The van der Waals surface area contributed by atoms with E-state index < -0.39 is 10.8 Å². The molecule has 0 atom stereocenters. The van der Waals surface area contributed by atoms with Crippen LogP contribution in [0.5, 0.6) is 0 Å². The van der Waals surface area contributed by atoms with Crippen molar-refractivity contribution >= 4 is 34.8 Å². The molecule has 0 saturated carbocycles. The zero-order chi connectivity index (χ0) is 11.6. The Morgan fingerprint density at radius 1 is 1.40 bits per heavy atom. The molecule has 15 heavy (non-hydrogen) atoms. The van der Waals surface area contributed by atoms with Gasteiger partial charge in [0.2, 0.25) is 5.91 Å². The van der Waals surface area contributed by atoms with Crippen molar-refractivity contribution in [1.29, 1.82) is 0 Å². The predicted molar refractivity (Wildman–Crippen MR) is 56.0 cm³/mol. The maximum absolute atomic E-state index is 10.6. The van der Waals surface area contributed by atoms with Crippen molar-refractivity contribution in [2.75, 3.05) is 0 Å². The minimum Gasteiger partial charge on any atom is -0.369 e. The third-order valence-electron chi connectivity index (χ3n) is 1.68. The van der Waals surface area contributed by atoms with Crippen molar-refractivity contribution in [2.45, 2.75) is 6.42 Å². The fourth-order valence-corrected chi connectivity index (χ4v) is 1.56. The fraction of sp³-hybridized carbons (Fsp3) is 0.125. The number of nitro benzene ring substituents is 1. The molecule has 0 aliphatic heterocycles. The molecule has 0 radical (unpaired) electrons. The molecule has 80 valence electrons. The van der Waals surface area contributed by atoms with Crippen molar-refractivity contribution in [3.63, 3.8) is 0 Å². The Bertz CT molecular complexity index is 434. The highest BCUT2D eigenvalue weighted by Gasteiger charge is 2.16. The topological polar surface area (TPSA) is 86.2 Å². The van der Waals surface area contributed by atoms with Crippen LogP contribution in [0.1, 0.15) is 5.56 Å². The normalized spacial score (nSPS) is 10.0. The largest absolute Gasteiger partial charge is 0.369 e. The minimum atomic E-state index is -0.650. The Kier molecular flexibility index (Phi) is 3.49. The predicted octanol–water partition coefficient (Wildman–Crippen LogP) is 1.93. The summed E-state index contributed by atoms with van der Waals surface area (Å²) < 4.78 is 0. The van der Waals surface area contributed by atoms with Gasteiger partial charge in [-0.1, -0.05) is 23.2 Å². The highest BCUT2D eigenvalue weighted by atomic mass is 35.5. The average molecular weight is 249 g/mol. The number of carbonyl (C=O) groups excluding carboxylic acids is 1. The Morgan fingerprint density at radius 3 is 2.47 bits per heavy atom. The monoisotopic (exact) mass is 248 g/mol. The molecule has 0 unspecified atom stereocenters. The number of carbonyl (C=O) groups is 1. The van der Waals surface area contributed by atoms with Crippen LogP contribution in [-0.4, -0.2) is 10.8 Å². The van der Waals surface area contributed by atoms with Gasteiger partial charge in [-0.15, -0.1) is 0 Å². The molecule has 0 heterocycles. The first-order chi connectivity index (χ1) is 6.91. The van der Waals surface area contributed by atoms with E-state index in [9.17, 15) is 14.9 Å². The molecule has 2 N–H and O–H groups in total. The van der Waals surface area contributed by atoms with Gasteiger partial charge in [0.25, 0.3) is 5.69 Å². The van der Waals surface area contributed by atoms with Gasteiger partial charge in [-0.2, -0.15) is 0 Å². The summed E-state index contributed by atoms with van der Waals surface area (Å²) in [5, 5.41) is 10.6. The number of nitro groups is 1. The second-order valence-electron chi connectivity index (χ2n) is 2.80. The summed E-state index contributed by atoms with van der Waals surface area (Å²) in [7, 11) is 0. The summed E-state index contributed by atoms with van der Waals surface area (Å²) in [4.78, 5) is 20.5. The third kappa shape index (κ3) is 2.81. The van der Waals surface area contributed by atoms with E-state index in [0.29, 0.717) is 5.56 Å². The van der Waals surface area contributed by atoms with E-state index in [1.54, 1.807) is 0 Å². The molecule has 0 saturated heterocycles. The number of nitrogens with zero attached hydrogens (tertiary/aromatic N) is 1. The first-order valence-electron chi connectivity index (χ1n) is 3.82.